The van der Waals surface area contributed by atoms with Crippen LogP contribution < -0.4 is 4.74 Å². The first-order chi connectivity index (χ1) is 13.6. The predicted octanol–water partition coefficient (Wildman–Crippen LogP) is 5.71. The second-order valence-corrected chi connectivity index (χ2v) is 10.7. The predicted molar refractivity (Wildman–Crippen MR) is 116 cm³/mol. The third kappa shape index (κ3) is 5.01. The maximum absolute atomic E-state index is 13.0. The average molecular weight is 417 g/mol. The van der Waals surface area contributed by atoms with Gasteiger partial charge in [-0.2, -0.15) is 8.42 Å². The first kappa shape index (κ1) is 21.8. The van der Waals surface area contributed by atoms with Crippen molar-refractivity contribution in [2.75, 3.05) is 7.11 Å². The van der Waals surface area contributed by atoms with Crippen molar-refractivity contribution < 1.29 is 17.3 Å². The van der Waals surface area contributed by atoms with Gasteiger partial charge in [-0.1, -0.05) is 56.7 Å². The van der Waals surface area contributed by atoms with Crippen LogP contribution in [-0.2, 0) is 14.3 Å². The maximum atomic E-state index is 13.0. The van der Waals surface area contributed by atoms with E-state index in [0.717, 1.165) is 29.7 Å². The molecular formula is C24H32O4S. The van der Waals surface area contributed by atoms with E-state index in [1.165, 1.54) is 0 Å². The molecule has 0 aliphatic heterocycles. The molecule has 5 heteroatoms. The van der Waals surface area contributed by atoms with E-state index in [-0.39, 0.29) is 16.2 Å². The maximum Gasteiger partial charge on any atom is 0.297 e. The summed E-state index contributed by atoms with van der Waals surface area (Å²) < 4.78 is 37.4. The summed E-state index contributed by atoms with van der Waals surface area (Å²) in [5.74, 6) is 1.23. The van der Waals surface area contributed by atoms with E-state index in [2.05, 4.69) is 20.8 Å². The van der Waals surface area contributed by atoms with E-state index < -0.39 is 16.2 Å². The van der Waals surface area contributed by atoms with Crippen LogP contribution in [0, 0.1) is 18.3 Å². The fourth-order valence-electron chi connectivity index (χ4n) is 4.27. The van der Waals surface area contributed by atoms with Crippen molar-refractivity contribution in [1.29, 1.82) is 0 Å². The van der Waals surface area contributed by atoms with Crippen molar-refractivity contribution >= 4 is 10.1 Å². The molecule has 0 radical (unpaired) electrons. The van der Waals surface area contributed by atoms with E-state index in [4.69, 9.17) is 8.92 Å². The standard InChI is InChI=1S/C24H32O4S/c1-17-10-13-19(14-11-17)29(25,26)28-23-15-12-18(24(2,3)4)16-21(23)20-8-6-7-9-22(20)27-5/h6-11,13-14,18,21,23H,12,15-16H2,1-5H3/t18-,21-,23+/m1/s1. The summed E-state index contributed by atoms with van der Waals surface area (Å²) in [4.78, 5) is 0.208. The molecule has 0 heterocycles. The van der Waals surface area contributed by atoms with E-state index >= 15 is 0 Å². The van der Waals surface area contributed by atoms with Gasteiger partial charge in [0.25, 0.3) is 10.1 Å². The van der Waals surface area contributed by atoms with Crippen LogP contribution in [0.15, 0.2) is 53.4 Å². The van der Waals surface area contributed by atoms with Gasteiger partial charge >= 0.3 is 0 Å². The number of ether oxygens (including phenoxy) is 1. The highest BCUT2D eigenvalue weighted by Crippen LogP contribution is 2.47. The van der Waals surface area contributed by atoms with Gasteiger partial charge < -0.3 is 4.74 Å². The molecule has 29 heavy (non-hydrogen) atoms. The van der Waals surface area contributed by atoms with Crippen molar-refractivity contribution in [3.05, 3.63) is 59.7 Å². The van der Waals surface area contributed by atoms with Gasteiger partial charge in [0.1, 0.15) is 5.75 Å². The summed E-state index contributed by atoms with van der Waals surface area (Å²) in [5.41, 5.74) is 2.19. The van der Waals surface area contributed by atoms with Crippen molar-refractivity contribution in [2.45, 2.75) is 63.9 Å². The number of aryl methyl sites for hydroxylation is 1. The Morgan fingerprint density at radius 2 is 1.62 bits per heavy atom. The zero-order valence-electron chi connectivity index (χ0n) is 18.0. The molecular weight excluding hydrogens is 384 g/mol. The topological polar surface area (TPSA) is 52.6 Å². The quantitative estimate of drug-likeness (QED) is 0.586. The lowest BCUT2D eigenvalue weighted by Crippen LogP contribution is -2.36. The fraction of sp³-hybridized carbons (Fsp3) is 0.500. The van der Waals surface area contributed by atoms with Gasteiger partial charge in [0, 0.05) is 5.92 Å². The highest BCUT2D eigenvalue weighted by atomic mass is 32.2. The van der Waals surface area contributed by atoms with Crippen molar-refractivity contribution in [3.63, 3.8) is 0 Å². The van der Waals surface area contributed by atoms with Gasteiger partial charge in [0.2, 0.25) is 0 Å². The summed E-state index contributed by atoms with van der Waals surface area (Å²) in [6.45, 7) is 8.69. The van der Waals surface area contributed by atoms with Crippen molar-refractivity contribution in [3.8, 4) is 5.75 Å². The Kier molecular flexibility index (Phi) is 6.39. The van der Waals surface area contributed by atoms with Gasteiger partial charge in [-0.3, -0.25) is 4.18 Å². The second kappa shape index (κ2) is 8.49. The number of benzene rings is 2. The van der Waals surface area contributed by atoms with Gasteiger partial charge in [-0.25, -0.2) is 0 Å². The van der Waals surface area contributed by atoms with Crippen LogP contribution in [-0.4, -0.2) is 21.6 Å². The Morgan fingerprint density at radius 3 is 2.24 bits per heavy atom. The van der Waals surface area contributed by atoms with Crippen LogP contribution in [0.1, 0.15) is 57.1 Å². The zero-order valence-corrected chi connectivity index (χ0v) is 18.8. The number of para-hydroxylation sites is 1. The molecule has 0 N–H and O–H groups in total. The van der Waals surface area contributed by atoms with Crippen LogP contribution in [0.4, 0.5) is 0 Å². The van der Waals surface area contributed by atoms with E-state index in [1.54, 1.807) is 31.4 Å². The molecule has 2 aromatic rings. The monoisotopic (exact) mass is 416 g/mol. The lowest BCUT2D eigenvalue weighted by Gasteiger charge is -2.41. The summed E-state index contributed by atoms with van der Waals surface area (Å²) in [6, 6.07) is 14.7. The largest absolute Gasteiger partial charge is 0.496 e. The Labute approximate surface area is 175 Å². The molecule has 0 bridgehead atoms. The van der Waals surface area contributed by atoms with Crippen LogP contribution in [0.2, 0.25) is 0 Å². The number of rotatable bonds is 5. The molecule has 1 saturated carbocycles. The van der Waals surface area contributed by atoms with Crippen LogP contribution >= 0.6 is 0 Å². The van der Waals surface area contributed by atoms with Crippen LogP contribution in [0.5, 0.6) is 5.75 Å². The highest BCUT2D eigenvalue weighted by Gasteiger charge is 2.40. The van der Waals surface area contributed by atoms with Gasteiger partial charge in [-0.15, -0.1) is 0 Å². The van der Waals surface area contributed by atoms with Gasteiger partial charge in [-0.05, 0) is 61.3 Å². The summed E-state index contributed by atoms with van der Waals surface area (Å²) >= 11 is 0. The summed E-state index contributed by atoms with van der Waals surface area (Å²) in [7, 11) is -2.18. The number of hydrogen-bond donors (Lipinski definition) is 0. The van der Waals surface area contributed by atoms with E-state index in [0.29, 0.717) is 12.3 Å². The van der Waals surface area contributed by atoms with Crippen LogP contribution in [0.25, 0.3) is 0 Å². The molecule has 1 fully saturated rings. The molecule has 4 nitrogen and oxygen atoms in total. The lowest BCUT2D eigenvalue weighted by atomic mass is 9.66. The lowest BCUT2D eigenvalue weighted by molar-refractivity contribution is 0.0704. The van der Waals surface area contributed by atoms with Crippen molar-refractivity contribution in [2.24, 2.45) is 11.3 Å². The van der Waals surface area contributed by atoms with E-state index in [1.807, 2.05) is 31.2 Å². The molecule has 3 rings (SSSR count). The number of methoxy groups -OCH3 is 1. The molecule has 0 spiro atoms. The fourth-order valence-corrected chi connectivity index (χ4v) is 5.40. The molecule has 2 aromatic carbocycles. The molecule has 0 saturated heterocycles. The van der Waals surface area contributed by atoms with E-state index in [9.17, 15) is 8.42 Å². The first-order valence-corrected chi connectivity index (χ1v) is 11.7. The Bertz CT molecular complexity index is 926. The van der Waals surface area contributed by atoms with Gasteiger partial charge in [0.05, 0.1) is 18.1 Å². The minimum absolute atomic E-state index is 0.0376. The molecule has 3 atom stereocenters. The third-order valence-corrected chi connectivity index (χ3v) is 7.46. The van der Waals surface area contributed by atoms with Gasteiger partial charge in [0.15, 0.2) is 0 Å². The third-order valence-electron chi connectivity index (χ3n) is 6.11. The molecule has 0 aromatic heterocycles. The van der Waals surface area contributed by atoms with Crippen molar-refractivity contribution in [1.82, 2.24) is 0 Å². The Hall–Kier alpha value is -1.85. The molecule has 0 amide bonds. The normalized spacial score (nSPS) is 23.0. The molecule has 1 aliphatic carbocycles. The summed E-state index contributed by atoms with van der Waals surface area (Å²) in [6.07, 6.45) is 2.12. The first-order valence-electron chi connectivity index (χ1n) is 10.2. The Morgan fingerprint density at radius 1 is 0.966 bits per heavy atom. The SMILES string of the molecule is COc1ccccc1[C@H]1C[C@H](C(C)(C)C)CC[C@@H]1OS(=O)(=O)c1ccc(C)cc1. The average Bonchev–Trinajstić information content (AvgIpc) is 2.67. The number of hydrogen-bond acceptors (Lipinski definition) is 4. The second-order valence-electron chi connectivity index (χ2n) is 9.13. The highest BCUT2D eigenvalue weighted by molar-refractivity contribution is 7.86. The molecule has 1 aliphatic rings. The minimum atomic E-state index is -3.83. The molecule has 0 unspecified atom stereocenters. The zero-order chi connectivity index (χ0) is 21.2. The Balaban J connectivity index is 1.94. The minimum Gasteiger partial charge on any atom is -0.496 e. The smallest absolute Gasteiger partial charge is 0.297 e. The molecule has 158 valence electrons. The van der Waals surface area contributed by atoms with Crippen LogP contribution in [0.3, 0.4) is 0 Å². The summed E-state index contributed by atoms with van der Waals surface area (Å²) in [5, 5.41) is 0.